The molecule has 9 aromatic rings. The predicted octanol–water partition coefficient (Wildman–Crippen LogP) is 8.75. The first-order chi connectivity index (χ1) is 23.3. The molecular weight excluding hydrogens is 585 g/mol. The summed E-state index contributed by atoms with van der Waals surface area (Å²) >= 11 is 0. The van der Waals surface area contributed by atoms with Gasteiger partial charge in [0.25, 0.3) is 6.71 Å². The Balaban J connectivity index is 1.40. The first-order valence-corrected chi connectivity index (χ1v) is 16.9. The van der Waals surface area contributed by atoms with Gasteiger partial charge in [-0.25, -0.2) is 4.68 Å². The summed E-state index contributed by atoms with van der Waals surface area (Å²) < 4.78 is 11.7. The monoisotopic (exact) mass is 617 g/mol. The lowest BCUT2D eigenvalue weighted by Gasteiger charge is -2.33. The van der Waals surface area contributed by atoms with Gasteiger partial charge in [0.05, 0.1) is 22.2 Å². The number of rotatable bonds is 1. The minimum absolute atomic E-state index is 0.0106. The quantitative estimate of drug-likeness (QED) is 0.173. The molecule has 0 N–H and O–H groups in total. The Kier molecular flexibility index (Phi) is 4.79. The van der Waals surface area contributed by atoms with E-state index >= 15 is 0 Å². The van der Waals surface area contributed by atoms with Crippen molar-refractivity contribution < 1.29 is 4.42 Å². The first kappa shape index (κ1) is 26.5. The molecule has 0 atom stereocenters. The summed E-state index contributed by atoms with van der Waals surface area (Å²) in [5.41, 5.74) is 17.8. The second kappa shape index (κ2) is 8.67. The van der Waals surface area contributed by atoms with E-state index in [4.69, 9.17) is 9.52 Å². The Morgan fingerprint density at radius 2 is 1.42 bits per heavy atom. The van der Waals surface area contributed by atoms with Gasteiger partial charge in [-0.15, -0.1) is 0 Å². The van der Waals surface area contributed by atoms with Crippen molar-refractivity contribution >= 4 is 77.7 Å². The van der Waals surface area contributed by atoms with Gasteiger partial charge in [0.15, 0.2) is 0 Å². The molecule has 0 radical (unpaired) electrons. The zero-order valence-corrected chi connectivity index (χ0v) is 27.6. The minimum atomic E-state index is -0.0219. The SMILES string of the molecule is Cc1cccc(C)c1-c1nn2c3c(c4oc5ccccc5c4cc13)B1c3ccc(C(C)(C)C)cc3-n3c4ccccc4c4ccc-2c1c43. The van der Waals surface area contributed by atoms with E-state index < -0.39 is 0 Å². The van der Waals surface area contributed by atoms with Crippen LogP contribution in [-0.2, 0) is 5.41 Å². The van der Waals surface area contributed by atoms with Gasteiger partial charge in [0, 0.05) is 38.2 Å². The van der Waals surface area contributed by atoms with E-state index in [9.17, 15) is 0 Å². The summed E-state index contributed by atoms with van der Waals surface area (Å²) in [5.74, 6) is 0. The van der Waals surface area contributed by atoms with Crippen molar-refractivity contribution in [1.82, 2.24) is 14.3 Å². The van der Waals surface area contributed by atoms with E-state index in [1.165, 1.54) is 71.5 Å². The smallest absolute Gasteiger partial charge is 0.257 e. The lowest BCUT2D eigenvalue weighted by atomic mass is 9.34. The Hall–Kier alpha value is -5.55. The third kappa shape index (κ3) is 3.10. The molecule has 5 heteroatoms. The molecule has 0 unspecified atom stereocenters. The summed E-state index contributed by atoms with van der Waals surface area (Å²) in [5, 5.41) is 11.6. The van der Waals surface area contributed by atoms with Gasteiger partial charge in [0.1, 0.15) is 16.9 Å². The molecule has 48 heavy (non-hydrogen) atoms. The summed E-state index contributed by atoms with van der Waals surface area (Å²) in [6.07, 6.45) is 0. The molecule has 2 aliphatic heterocycles. The Morgan fingerprint density at radius 3 is 2.23 bits per heavy atom. The first-order valence-electron chi connectivity index (χ1n) is 16.9. The number of furan rings is 1. The molecule has 0 spiro atoms. The van der Waals surface area contributed by atoms with Crippen LogP contribution in [-0.4, -0.2) is 21.1 Å². The zero-order valence-electron chi connectivity index (χ0n) is 27.6. The molecular formula is C43H32BN3O. The van der Waals surface area contributed by atoms with E-state index in [-0.39, 0.29) is 12.1 Å². The van der Waals surface area contributed by atoms with Crippen LogP contribution in [0.15, 0.2) is 108 Å². The highest BCUT2D eigenvalue weighted by Crippen LogP contribution is 2.42. The van der Waals surface area contributed by atoms with Crippen molar-refractivity contribution in [3.63, 3.8) is 0 Å². The maximum absolute atomic E-state index is 6.92. The van der Waals surface area contributed by atoms with Crippen LogP contribution in [0.3, 0.4) is 0 Å². The highest BCUT2D eigenvalue weighted by molar-refractivity contribution is 7.01. The van der Waals surface area contributed by atoms with Crippen LogP contribution < -0.4 is 16.4 Å². The molecule has 0 aliphatic carbocycles. The number of hydrogen-bond acceptors (Lipinski definition) is 2. The van der Waals surface area contributed by atoms with Crippen LogP contribution in [0.25, 0.3) is 77.3 Å². The van der Waals surface area contributed by atoms with Crippen LogP contribution >= 0.6 is 0 Å². The third-order valence-corrected chi connectivity index (χ3v) is 11.2. The fraction of sp³-hybridized carbons (Fsp3) is 0.140. The van der Waals surface area contributed by atoms with Gasteiger partial charge in [0.2, 0.25) is 0 Å². The molecule has 6 aromatic carbocycles. The van der Waals surface area contributed by atoms with E-state index in [2.05, 4.69) is 147 Å². The minimum Gasteiger partial charge on any atom is -0.457 e. The standard InChI is InChI=1S/C43H32BN3O/c1-23-11-10-12-24(2)36(23)39-30-22-29-27-14-7-9-16-35(27)48-42(29)38-41(30)47(45-39)33-20-18-28-26-13-6-8-15-32(26)46-34-21-25(43(3,4)5)17-19-31(34)44(38)37(33)40(28)46/h6-22H,1-5H3. The number of benzene rings is 6. The van der Waals surface area contributed by atoms with Gasteiger partial charge >= 0.3 is 0 Å². The van der Waals surface area contributed by atoms with Crippen molar-refractivity contribution in [1.29, 1.82) is 0 Å². The maximum atomic E-state index is 6.92. The Bertz CT molecular complexity index is 2890. The van der Waals surface area contributed by atoms with Gasteiger partial charge in [-0.2, -0.15) is 5.10 Å². The number of nitrogens with zero attached hydrogens (tertiary/aromatic N) is 3. The normalized spacial score (nSPS) is 13.5. The molecule has 228 valence electrons. The van der Waals surface area contributed by atoms with Crippen molar-refractivity contribution in [2.75, 3.05) is 0 Å². The van der Waals surface area contributed by atoms with Crippen LogP contribution in [0.4, 0.5) is 0 Å². The summed E-state index contributed by atoms with van der Waals surface area (Å²) in [7, 11) is 0. The van der Waals surface area contributed by atoms with Crippen LogP contribution in [0.1, 0.15) is 37.5 Å². The van der Waals surface area contributed by atoms with Gasteiger partial charge in [-0.3, -0.25) is 0 Å². The van der Waals surface area contributed by atoms with E-state index in [1.807, 2.05) is 0 Å². The predicted molar refractivity (Wildman–Crippen MR) is 201 cm³/mol. The summed E-state index contributed by atoms with van der Waals surface area (Å²) in [6.45, 7) is 11.3. The highest BCUT2D eigenvalue weighted by Gasteiger charge is 2.43. The fourth-order valence-corrected chi connectivity index (χ4v) is 9.00. The largest absolute Gasteiger partial charge is 0.457 e. The van der Waals surface area contributed by atoms with Crippen molar-refractivity contribution in [2.24, 2.45) is 0 Å². The molecule has 2 aliphatic rings. The molecule has 0 amide bonds. The Morgan fingerprint density at radius 1 is 0.646 bits per heavy atom. The van der Waals surface area contributed by atoms with Crippen molar-refractivity contribution in [2.45, 2.75) is 40.0 Å². The topological polar surface area (TPSA) is 35.9 Å². The van der Waals surface area contributed by atoms with Crippen LogP contribution in [0, 0.1) is 13.8 Å². The second-order valence-corrected chi connectivity index (χ2v) is 14.9. The van der Waals surface area contributed by atoms with E-state index in [0.29, 0.717) is 0 Å². The van der Waals surface area contributed by atoms with Crippen molar-refractivity contribution in [3.05, 3.63) is 120 Å². The Labute approximate surface area is 278 Å². The molecule has 11 rings (SSSR count). The summed E-state index contributed by atoms with van der Waals surface area (Å²) in [6, 6.07) is 38.1. The number of fused-ring (bicyclic) bond motifs is 12. The number of aromatic nitrogens is 3. The zero-order chi connectivity index (χ0) is 32.2. The second-order valence-electron chi connectivity index (χ2n) is 14.9. The molecule has 5 heterocycles. The molecule has 4 nitrogen and oxygen atoms in total. The molecule has 3 aromatic heterocycles. The van der Waals surface area contributed by atoms with E-state index in [0.717, 1.165) is 38.8 Å². The summed E-state index contributed by atoms with van der Waals surface area (Å²) in [4.78, 5) is 0. The average Bonchev–Trinajstić information content (AvgIpc) is 3.75. The third-order valence-electron chi connectivity index (χ3n) is 11.2. The molecule has 0 saturated heterocycles. The lowest BCUT2D eigenvalue weighted by molar-refractivity contribution is 0.590. The lowest BCUT2D eigenvalue weighted by Crippen LogP contribution is -2.59. The number of hydrogen-bond donors (Lipinski definition) is 0. The molecule has 0 fully saturated rings. The highest BCUT2D eigenvalue weighted by atomic mass is 16.3. The molecule has 0 bridgehead atoms. The van der Waals surface area contributed by atoms with E-state index in [1.54, 1.807) is 0 Å². The van der Waals surface area contributed by atoms with Crippen LogP contribution in [0.5, 0.6) is 0 Å². The number of aryl methyl sites for hydroxylation is 2. The van der Waals surface area contributed by atoms with Crippen LogP contribution in [0.2, 0.25) is 0 Å². The fourth-order valence-electron chi connectivity index (χ4n) is 9.00. The van der Waals surface area contributed by atoms with Gasteiger partial charge < -0.3 is 8.98 Å². The van der Waals surface area contributed by atoms with Crippen molar-refractivity contribution in [3.8, 4) is 22.6 Å². The van der Waals surface area contributed by atoms with Gasteiger partial charge in [-0.05, 0) is 82.7 Å². The maximum Gasteiger partial charge on any atom is 0.257 e. The average molecular weight is 618 g/mol. The molecule has 0 saturated carbocycles. The van der Waals surface area contributed by atoms with Gasteiger partial charge in [-0.1, -0.05) is 93.6 Å². The number of para-hydroxylation sites is 2.